The van der Waals surface area contributed by atoms with Crippen LogP contribution >= 0.6 is 11.8 Å². The molecule has 0 fully saturated rings. The number of carbonyl (C=O) groups is 6. The highest BCUT2D eigenvalue weighted by molar-refractivity contribution is 7.98. The molecule has 33 heavy (non-hydrogen) atoms. The van der Waals surface area contributed by atoms with E-state index in [1.54, 1.807) is 6.26 Å². The number of carbonyl (C=O) groups excluding carboxylic acids is 4. The number of primary amides is 1. The molecule has 0 radical (unpaired) electrons. The Hall–Kier alpha value is -2.87. The quantitative estimate of drug-likeness (QED) is 0.125. The lowest BCUT2D eigenvalue weighted by Crippen LogP contribution is -2.57. The van der Waals surface area contributed by atoms with Crippen LogP contribution in [0.5, 0.6) is 0 Å². The maximum absolute atomic E-state index is 12.8. The maximum Gasteiger partial charge on any atom is 0.326 e. The van der Waals surface area contributed by atoms with E-state index < -0.39 is 72.6 Å². The van der Waals surface area contributed by atoms with Gasteiger partial charge in [-0.2, -0.15) is 11.8 Å². The molecule has 0 saturated carbocycles. The fourth-order valence-corrected chi connectivity index (χ4v) is 3.20. The van der Waals surface area contributed by atoms with Crippen molar-refractivity contribution in [1.29, 1.82) is 0 Å². The summed E-state index contributed by atoms with van der Waals surface area (Å²) in [6, 6.07) is -5.34. The van der Waals surface area contributed by atoms with Gasteiger partial charge < -0.3 is 37.6 Å². The van der Waals surface area contributed by atoms with Gasteiger partial charge in [0.25, 0.3) is 0 Å². The average molecular weight is 492 g/mol. The summed E-state index contributed by atoms with van der Waals surface area (Å²) in [4.78, 5) is 71.1. The smallest absolute Gasteiger partial charge is 0.326 e. The third-order valence-corrected chi connectivity index (χ3v) is 4.98. The Labute approximate surface area is 195 Å². The Balaban J connectivity index is 5.49. The number of carboxylic acids is 2. The normalized spacial score (nSPS) is 14.5. The lowest BCUT2D eigenvalue weighted by atomic mass is 10.0. The van der Waals surface area contributed by atoms with Crippen molar-refractivity contribution in [2.24, 2.45) is 17.4 Å². The lowest BCUT2D eigenvalue weighted by molar-refractivity contribution is -0.144. The summed E-state index contributed by atoms with van der Waals surface area (Å²) in [7, 11) is 0. The average Bonchev–Trinajstić information content (AvgIpc) is 2.68. The molecule has 14 heteroatoms. The molecular formula is C19H33N5O8S. The summed E-state index contributed by atoms with van der Waals surface area (Å²) in [5.74, 6) is -5.95. The van der Waals surface area contributed by atoms with E-state index in [1.165, 1.54) is 11.8 Å². The number of nitrogens with one attached hydrogen (secondary N) is 3. The van der Waals surface area contributed by atoms with Gasteiger partial charge >= 0.3 is 11.9 Å². The summed E-state index contributed by atoms with van der Waals surface area (Å²) in [5.41, 5.74) is 10.8. The molecule has 0 aliphatic rings. The summed E-state index contributed by atoms with van der Waals surface area (Å²) in [6.07, 6.45) is 0.745. The third kappa shape index (κ3) is 12.7. The first-order valence-corrected chi connectivity index (χ1v) is 11.6. The summed E-state index contributed by atoms with van der Waals surface area (Å²) < 4.78 is 0. The van der Waals surface area contributed by atoms with Crippen molar-refractivity contribution in [3.05, 3.63) is 0 Å². The lowest BCUT2D eigenvalue weighted by Gasteiger charge is -2.24. The number of rotatable bonds is 16. The molecular weight excluding hydrogens is 458 g/mol. The zero-order chi connectivity index (χ0) is 25.7. The monoisotopic (exact) mass is 491 g/mol. The van der Waals surface area contributed by atoms with Gasteiger partial charge in [-0.15, -0.1) is 0 Å². The van der Waals surface area contributed by atoms with E-state index in [2.05, 4.69) is 10.6 Å². The van der Waals surface area contributed by atoms with E-state index in [1.807, 2.05) is 19.2 Å². The van der Waals surface area contributed by atoms with Gasteiger partial charge in [0.15, 0.2) is 0 Å². The van der Waals surface area contributed by atoms with Crippen LogP contribution in [0.25, 0.3) is 0 Å². The van der Waals surface area contributed by atoms with E-state index in [9.17, 15) is 28.8 Å². The van der Waals surface area contributed by atoms with Crippen LogP contribution in [0.3, 0.4) is 0 Å². The second-order valence-electron chi connectivity index (χ2n) is 7.81. The molecule has 4 unspecified atom stereocenters. The highest BCUT2D eigenvalue weighted by Gasteiger charge is 2.32. The third-order valence-electron chi connectivity index (χ3n) is 4.34. The van der Waals surface area contributed by atoms with E-state index in [0.29, 0.717) is 12.2 Å². The van der Waals surface area contributed by atoms with E-state index in [0.717, 1.165) is 0 Å². The predicted octanol–water partition coefficient (Wildman–Crippen LogP) is -2.00. The van der Waals surface area contributed by atoms with Crippen molar-refractivity contribution < 1.29 is 39.0 Å². The number of hydrogen-bond donors (Lipinski definition) is 7. The molecule has 0 bridgehead atoms. The highest BCUT2D eigenvalue weighted by atomic mass is 32.2. The topological polar surface area (TPSA) is 231 Å². The predicted molar refractivity (Wildman–Crippen MR) is 120 cm³/mol. The Morgan fingerprint density at radius 2 is 1.36 bits per heavy atom. The van der Waals surface area contributed by atoms with Gasteiger partial charge in [-0.25, -0.2) is 4.79 Å². The van der Waals surface area contributed by atoms with Crippen LogP contribution in [0, 0.1) is 5.92 Å². The number of nitrogens with two attached hydrogens (primary N) is 2. The van der Waals surface area contributed by atoms with Crippen LogP contribution in [-0.4, -0.2) is 82.0 Å². The number of hydrogen-bond acceptors (Lipinski definition) is 8. The van der Waals surface area contributed by atoms with E-state index in [-0.39, 0.29) is 12.3 Å². The Morgan fingerprint density at radius 3 is 1.82 bits per heavy atom. The van der Waals surface area contributed by atoms with E-state index in [4.69, 9.17) is 21.7 Å². The molecule has 0 spiro atoms. The van der Waals surface area contributed by atoms with E-state index >= 15 is 0 Å². The van der Waals surface area contributed by atoms with Crippen LogP contribution in [0.4, 0.5) is 0 Å². The zero-order valence-electron chi connectivity index (χ0n) is 18.8. The molecule has 0 heterocycles. The number of carboxylic acid groups (broad SMARTS) is 2. The van der Waals surface area contributed by atoms with Gasteiger partial charge in [-0.1, -0.05) is 13.8 Å². The SMILES string of the molecule is CSCCC(NC(=O)C(N)CC(C)C)C(=O)NC(CC(=O)O)C(=O)NC(CC(N)=O)C(=O)O. The van der Waals surface area contributed by atoms with Gasteiger partial charge in [-0.05, 0) is 30.8 Å². The Bertz CT molecular complexity index is 733. The molecule has 0 aromatic heterocycles. The zero-order valence-corrected chi connectivity index (χ0v) is 19.6. The molecule has 0 aliphatic carbocycles. The minimum absolute atomic E-state index is 0.135. The minimum Gasteiger partial charge on any atom is -0.481 e. The first-order valence-electron chi connectivity index (χ1n) is 10.2. The molecule has 4 atom stereocenters. The van der Waals surface area contributed by atoms with Crippen molar-refractivity contribution >= 4 is 47.3 Å². The second-order valence-corrected chi connectivity index (χ2v) is 8.79. The second kappa shape index (κ2) is 15.1. The molecule has 0 aromatic carbocycles. The highest BCUT2D eigenvalue weighted by Crippen LogP contribution is 2.07. The van der Waals surface area contributed by atoms with Crippen LogP contribution < -0.4 is 27.4 Å². The van der Waals surface area contributed by atoms with Gasteiger partial charge in [0.2, 0.25) is 23.6 Å². The van der Waals surface area contributed by atoms with Crippen molar-refractivity contribution in [1.82, 2.24) is 16.0 Å². The first-order chi connectivity index (χ1) is 15.3. The first kappa shape index (κ1) is 30.1. The van der Waals surface area contributed by atoms with Crippen LogP contribution in [0.15, 0.2) is 0 Å². The van der Waals surface area contributed by atoms with Crippen molar-refractivity contribution in [2.75, 3.05) is 12.0 Å². The molecule has 9 N–H and O–H groups in total. The summed E-state index contributed by atoms with van der Waals surface area (Å²) >= 11 is 1.40. The maximum atomic E-state index is 12.8. The molecule has 13 nitrogen and oxygen atoms in total. The molecule has 188 valence electrons. The number of thioether (sulfide) groups is 1. The molecule has 0 rings (SSSR count). The largest absolute Gasteiger partial charge is 0.481 e. The van der Waals surface area contributed by atoms with Gasteiger partial charge in [0, 0.05) is 0 Å². The van der Waals surface area contributed by atoms with Crippen LogP contribution in [0.1, 0.15) is 39.5 Å². The number of amides is 4. The van der Waals surface area contributed by atoms with Gasteiger partial charge in [-0.3, -0.25) is 24.0 Å². The van der Waals surface area contributed by atoms with Crippen LogP contribution in [0.2, 0.25) is 0 Å². The van der Waals surface area contributed by atoms with Crippen molar-refractivity contribution in [3.8, 4) is 0 Å². The van der Waals surface area contributed by atoms with Gasteiger partial charge in [0.05, 0.1) is 18.9 Å². The molecule has 4 amide bonds. The van der Waals surface area contributed by atoms with Crippen LogP contribution in [-0.2, 0) is 28.8 Å². The fourth-order valence-electron chi connectivity index (χ4n) is 2.73. The Morgan fingerprint density at radius 1 is 0.848 bits per heavy atom. The van der Waals surface area contributed by atoms with Gasteiger partial charge in [0.1, 0.15) is 18.1 Å². The molecule has 0 aromatic rings. The summed E-state index contributed by atoms with van der Waals surface area (Å²) in [5, 5.41) is 25.0. The van der Waals surface area contributed by atoms with Crippen molar-refractivity contribution in [2.45, 2.75) is 63.7 Å². The molecule has 0 saturated heterocycles. The number of aliphatic carboxylic acids is 2. The fraction of sp³-hybridized carbons (Fsp3) is 0.684. The minimum atomic E-state index is -1.70. The standard InChI is InChI=1S/C19H33N5O8S/c1-9(2)6-10(20)16(28)22-11(4-5-33-3)17(29)23-12(8-15(26)27)18(30)24-13(19(31)32)7-14(21)25/h9-13H,4-8,20H2,1-3H3,(H2,21,25)(H,22,28)(H,23,29)(H,24,30)(H,26,27)(H,31,32). The molecule has 0 aliphatic heterocycles. The van der Waals surface area contributed by atoms with Crippen molar-refractivity contribution in [3.63, 3.8) is 0 Å². The Kier molecular flexibility index (Phi) is 13.7. The summed E-state index contributed by atoms with van der Waals surface area (Å²) in [6.45, 7) is 3.76.